The SMILES string of the molecule is COCCOCCOC(=O)c1ccccc1S(=O)(=O)Cl.COCCOCCOC(=O)c1ccccc1S(=O)(=O)NC1C2CCC1CC(OCc1c(-c3ccccc3OC(F)(F)F)noc1C1CC1)C2.NC1C2CCC1CC(OCc1c(-c3ccccc3OC(F)(F)F)noc1C1CC1)C2. The van der Waals surface area contributed by atoms with Crippen molar-refractivity contribution in [3.63, 3.8) is 0 Å². The molecular weight excluding hydrogens is 1370 g/mol. The predicted molar refractivity (Wildman–Crippen MR) is 343 cm³/mol. The molecule has 540 valence electrons. The fourth-order valence-corrected chi connectivity index (χ4v) is 15.9. The van der Waals surface area contributed by atoms with Gasteiger partial charge in [-0.25, -0.2) is 31.1 Å². The quantitative estimate of drug-likeness (QED) is 0.0183. The highest BCUT2D eigenvalue weighted by atomic mass is 35.7. The van der Waals surface area contributed by atoms with Crippen molar-refractivity contribution >= 4 is 41.7 Å². The lowest BCUT2D eigenvalue weighted by atomic mass is 9.83. The number of fused-ring (bicyclic) bond motifs is 4. The molecule has 0 saturated heterocycles. The standard InChI is InChI=1S/C34H39F3N2O9S.C22H25F3N2O3.C12H15ClO6S/c1-43-14-15-44-16-17-45-33(40)26-7-3-5-9-29(26)49(41,42)39-30-22-12-13-23(30)19-24(18-22)46-20-27-31(38-48-32(27)21-10-11-21)25-6-2-4-8-28(25)47-34(35,36)37;23-22(24,25)29-18-4-2-1-3-16(18)20-17(21(30-27-20)12-5-6-12)11-28-15-9-13-7-8-14(10-15)19(13)26;1-17-6-7-18-8-9-19-12(14)10-4-2-3-5-11(10)20(13,15)16/h2-9,21-24,30,39H,10-20H2,1H3;1-4,12-15,19H,5-11,26H2;2-5H,6-9H2,1H3. The smallest absolute Gasteiger partial charge is 0.460 e. The van der Waals surface area contributed by atoms with Gasteiger partial charge < -0.3 is 62.1 Å². The zero-order valence-electron chi connectivity index (χ0n) is 54.3. The Morgan fingerprint density at radius 1 is 0.535 bits per heavy atom. The van der Waals surface area contributed by atoms with Gasteiger partial charge in [0.1, 0.15) is 47.6 Å². The summed E-state index contributed by atoms with van der Waals surface area (Å²) in [5.74, 6) is 0.521. The topological polar surface area (TPSA) is 285 Å². The van der Waals surface area contributed by atoms with E-state index in [0.29, 0.717) is 68.1 Å². The average Bonchev–Trinajstić information content (AvgIpc) is 1.68. The van der Waals surface area contributed by atoms with Crippen LogP contribution in [0.25, 0.3) is 22.5 Å². The van der Waals surface area contributed by atoms with Crippen LogP contribution in [0.3, 0.4) is 0 Å². The molecule has 4 unspecified atom stereocenters. The summed E-state index contributed by atoms with van der Waals surface area (Å²) in [7, 11) is 0.268. The van der Waals surface area contributed by atoms with Gasteiger partial charge in [0.25, 0.3) is 9.05 Å². The fraction of sp³-hybridized carbons (Fsp3) is 0.529. The van der Waals surface area contributed by atoms with Gasteiger partial charge in [-0.1, -0.05) is 58.8 Å². The van der Waals surface area contributed by atoms with Crippen LogP contribution in [0.2, 0.25) is 0 Å². The minimum Gasteiger partial charge on any atom is -0.460 e. The number of para-hydroxylation sites is 2. The lowest BCUT2D eigenvalue weighted by Crippen LogP contribution is -2.46. The Bertz CT molecular complexity index is 3880. The molecule has 6 fully saturated rings. The third-order valence-electron chi connectivity index (χ3n) is 18.2. The molecule has 0 amide bonds. The fourth-order valence-electron chi connectivity index (χ4n) is 13.3. The molecule has 0 aliphatic heterocycles. The van der Waals surface area contributed by atoms with Gasteiger partial charge in [-0.05, 0) is 149 Å². The second kappa shape index (κ2) is 33.8. The third-order valence-corrected chi connectivity index (χ3v) is 21.1. The van der Waals surface area contributed by atoms with Gasteiger partial charge in [0.15, 0.2) is 0 Å². The van der Waals surface area contributed by atoms with Crippen molar-refractivity contribution in [2.24, 2.45) is 29.4 Å². The monoisotopic (exact) mass is 1450 g/mol. The highest BCUT2D eigenvalue weighted by molar-refractivity contribution is 8.13. The molecule has 4 atom stereocenters. The van der Waals surface area contributed by atoms with Crippen LogP contribution in [0.1, 0.15) is 132 Å². The number of alkyl halides is 6. The van der Waals surface area contributed by atoms with E-state index in [0.717, 1.165) is 75.5 Å². The van der Waals surface area contributed by atoms with Gasteiger partial charge in [0.05, 0.1) is 86.0 Å². The Hall–Kier alpha value is -6.71. The van der Waals surface area contributed by atoms with E-state index < -0.39 is 43.7 Å². The Morgan fingerprint density at radius 3 is 1.34 bits per heavy atom. The number of nitrogens with zero attached hydrogens (tertiary/aromatic N) is 2. The van der Waals surface area contributed by atoms with Gasteiger partial charge in [-0.3, -0.25) is 0 Å². The average molecular weight is 1450 g/mol. The number of nitrogens with one attached hydrogen (secondary N) is 1. The highest BCUT2D eigenvalue weighted by Gasteiger charge is 2.47. The third kappa shape index (κ3) is 20.5. The zero-order chi connectivity index (χ0) is 70.5. The van der Waals surface area contributed by atoms with Crippen molar-refractivity contribution in [3.8, 4) is 34.0 Å². The van der Waals surface area contributed by atoms with Crippen LogP contribution in [0.15, 0.2) is 116 Å². The lowest BCUT2D eigenvalue weighted by molar-refractivity contribution is -0.275. The molecule has 6 aliphatic carbocycles. The summed E-state index contributed by atoms with van der Waals surface area (Å²) >= 11 is 0. The number of esters is 2. The first-order chi connectivity index (χ1) is 47.4. The number of rotatable bonds is 30. The van der Waals surface area contributed by atoms with Crippen LogP contribution in [0.5, 0.6) is 11.5 Å². The van der Waals surface area contributed by atoms with Gasteiger partial charge in [0, 0.05) is 71.1 Å². The van der Waals surface area contributed by atoms with E-state index >= 15 is 0 Å². The van der Waals surface area contributed by atoms with Crippen LogP contribution in [-0.4, -0.2) is 143 Å². The first-order valence-corrected chi connectivity index (χ1v) is 36.5. The van der Waals surface area contributed by atoms with Crippen molar-refractivity contribution < 1.29 is 109 Å². The van der Waals surface area contributed by atoms with Crippen LogP contribution in [-0.2, 0) is 70.2 Å². The summed E-state index contributed by atoms with van der Waals surface area (Å²) in [6.45, 7) is 2.26. The summed E-state index contributed by atoms with van der Waals surface area (Å²) in [6, 6.07) is 23.3. The minimum atomic E-state index is -4.87. The number of aromatic nitrogens is 2. The molecule has 4 aromatic carbocycles. The van der Waals surface area contributed by atoms with Gasteiger partial charge >= 0.3 is 24.7 Å². The molecule has 4 bridgehead atoms. The number of methoxy groups -OCH3 is 2. The summed E-state index contributed by atoms with van der Waals surface area (Å²) in [4.78, 5) is 24.2. The summed E-state index contributed by atoms with van der Waals surface area (Å²) < 4.78 is 194. The van der Waals surface area contributed by atoms with E-state index in [-0.39, 0.29) is 137 Å². The molecule has 22 nitrogen and oxygen atoms in total. The first kappa shape index (κ1) is 75.0. The number of hydrogen-bond donors (Lipinski definition) is 2. The van der Waals surface area contributed by atoms with Crippen molar-refractivity contribution in [3.05, 3.63) is 131 Å². The molecule has 2 heterocycles. The maximum absolute atomic E-state index is 13.7. The maximum Gasteiger partial charge on any atom is 0.573 e. The maximum atomic E-state index is 13.7. The summed E-state index contributed by atoms with van der Waals surface area (Å²) in [5.41, 5.74) is 8.50. The van der Waals surface area contributed by atoms with Crippen molar-refractivity contribution in [1.29, 1.82) is 0 Å². The number of halogens is 7. The van der Waals surface area contributed by atoms with Crippen molar-refractivity contribution in [2.75, 3.05) is 67.1 Å². The van der Waals surface area contributed by atoms with Crippen molar-refractivity contribution in [1.82, 2.24) is 15.0 Å². The Kier molecular flexibility index (Phi) is 25.6. The van der Waals surface area contributed by atoms with Crippen molar-refractivity contribution in [2.45, 2.75) is 149 Å². The van der Waals surface area contributed by atoms with E-state index in [1.165, 1.54) is 66.7 Å². The van der Waals surface area contributed by atoms with E-state index in [1.54, 1.807) is 44.6 Å². The Morgan fingerprint density at radius 2 is 0.919 bits per heavy atom. The predicted octanol–water partition coefficient (Wildman–Crippen LogP) is 12.6. The second-order valence-corrected chi connectivity index (χ2v) is 29.2. The number of benzene rings is 4. The van der Waals surface area contributed by atoms with E-state index in [2.05, 4.69) is 24.5 Å². The molecule has 6 aliphatic rings. The van der Waals surface area contributed by atoms with Gasteiger partial charge in [-0.15, -0.1) is 26.3 Å². The van der Waals surface area contributed by atoms with Gasteiger partial charge in [-0.2, -0.15) is 0 Å². The molecule has 6 aromatic rings. The molecular formula is C68H79ClF6N4O18S2. The molecule has 3 N–H and O–H groups in total. The van der Waals surface area contributed by atoms with Crippen LogP contribution in [0, 0.1) is 23.7 Å². The lowest BCUT2D eigenvalue weighted by Gasteiger charge is -2.35. The molecule has 99 heavy (non-hydrogen) atoms. The Labute approximate surface area is 573 Å². The molecule has 0 spiro atoms. The first-order valence-electron chi connectivity index (χ1n) is 32.7. The second-order valence-electron chi connectivity index (χ2n) is 25.0. The normalized spacial score (nSPS) is 22.0. The number of ether oxygens (including phenoxy) is 10. The summed E-state index contributed by atoms with van der Waals surface area (Å²) in [6.07, 6.45) is 0.968. The molecule has 12 rings (SSSR count). The van der Waals surface area contributed by atoms with E-state index in [4.69, 9.17) is 63.4 Å². The number of hydrogen-bond acceptors (Lipinski definition) is 21. The highest BCUT2D eigenvalue weighted by Crippen LogP contribution is 2.50. The number of nitrogens with two attached hydrogens (primary N) is 1. The van der Waals surface area contributed by atoms with Crippen LogP contribution >= 0.6 is 10.7 Å². The number of carbonyl (C=O) groups is 2. The molecule has 31 heteroatoms. The van der Waals surface area contributed by atoms with Gasteiger partial charge in [0.2, 0.25) is 10.0 Å². The molecule has 2 aromatic heterocycles. The largest absolute Gasteiger partial charge is 0.573 e. The molecule has 0 radical (unpaired) electrons. The number of carbonyl (C=O) groups excluding carboxylic acids is 2. The van der Waals surface area contributed by atoms with E-state index in [1.807, 2.05) is 0 Å². The number of sulfonamides is 1. The zero-order valence-corrected chi connectivity index (χ0v) is 56.7. The van der Waals surface area contributed by atoms with E-state index in [9.17, 15) is 52.8 Å². The Balaban J connectivity index is 0.000000179. The summed E-state index contributed by atoms with van der Waals surface area (Å²) in [5, 5.41) is 8.29. The van der Waals surface area contributed by atoms with Crippen LogP contribution < -0.4 is 19.9 Å². The minimum absolute atomic E-state index is 0.00681. The van der Waals surface area contributed by atoms with Crippen LogP contribution in [0.4, 0.5) is 26.3 Å². The molecule has 6 saturated carbocycles.